The Labute approximate surface area is 176 Å². The minimum Gasteiger partial charge on any atom is -0.484 e. The fourth-order valence-electron chi connectivity index (χ4n) is 3.20. The molecule has 0 bridgehead atoms. The first-order valence-corrected chi connectivity index (χ1v) is 10.4. The fraction of sp³-hybridized carbons (Fsp3) is 0.409. The van der Waals surface area contributed by atoms with Crippen LogP contribution in [0, 0.1) is 0 Å². The molecule has 1 amide bonds. The van der Waals surface area contributed by atoms with E-state index in [9.17, 15) is 4.79 Å². The van der Waals surface area contributed by atoms with Crippen molar-refractivity contribution in [3.05, 3.63) is 63.6 Å². The van der Waals surface area contributed by atoms with Crippen molar-refractivity contribution in [2.24, 2.45) is 0 Å². The van der Waals surface area contributed by atoms with Crippen LogP contribution in [0.3, 0.4) is 0 Å². The Morgan fingerprint density at radius 3 is 2.64 bits per heavy atom. The highest BCUT2D eigenvalue weighted by Gasteiger charge is 2.23. The lowest BCUT2D eigenvalue weighted by Crippen LogP contribution is -2.39. The molecule has 0 unspecified atom stereocenters. The molecule has 4 nitrogen and oxygen atoms in total. The zero-order valence-electron chi connectivity index (χ0n) is 16.0. The molecule has 1 aliphatic heterocycles. The molecule has 3 rings (SSSR count). The standard InChI is InChI=1S/C22H25Cl2NO3/c1-2-16-5-9-19(10-6-16)28-15-22(26)25(14-20-4-3-11-27-20)13-17-7-8-18(23)12-21(17)24/h5-10,12,20H,2-4,11,13-15H2,1H3/t20-/m1/s1. The maximum atomic E-state index is 12.9. The Kier molecular flexibility index (Phi) is 7.60. The zero-order valence-corrected chi connectivity index (χ0v) is 17.5. The Hall–Kier alpha value is -1.75. The van der Waals surface area contributed by atoms with Gasteiger partial charge in [0.15, 0.2) is 6.61 Å². The zero-order chi connectivity index (χ0) is 19.9. The van der Waals surface area contributed by atoms with Crippen LogP contribution in [0.2, 0.25) is 10.0 Å². The third-order valence-corrected chi connectivity index (χ3v) is 5.46. The number of nitrogens with zero attached hydrogens (tertiary/aromatic N) is 1. The van der Waals surface area contributed by atoms with Crippen LogP contribution in [0.4, 0.5) is 0 Å². The number of carbonyl (C=O) groups is 1. The van der Waals surface area contributed by atoms with Crippen LogP contribution in [0.5, 0.6) is 5.75 Å². The van der Waals surface area contributed by atoms with E-state index in [-0.39, 0.29) is 18.6 Å². The predicted octanol–water partition coefficient (Wildman–Crippen LogP) is 5.14. The summed E-state index contributed by atoms with van der Waals surface area (Å²) in [5, 5.41) is 1.12. The van der Waals surface area contributed by atoms with E-state index in [1.807, 2.05) is 30.3 Å². The first-order valence-electron chi connectivity index (χ1n) is 9.60. The summed E-state index contributed by atoms with van der Waals surface area (Å²) in [7, 11) is 0. The Morgan fingerprint density at radius 2 is 2.00 bits per heavy atom. The molecular formula is C22H25Cl2NO3. The highest BCUT2D eigenvalue weighted by atomic mass is 35.5. The number of benzene rings is 2. The minimum atomic E-state index is -0.0962. The molecule has 1 fully saturated rings. The van der Waals surface area contributed by atoms with Gasteiger partial charge in [0, 0.05) is 29.7 Å². The Balaban J connectivity index is 1.66. The minimum absolute atomic E-state index is 0.0244. The van der Waals surface area contributed by atoms with Gasteiger partial charge in [-0.1, -0.05) is 48.3 Å². The van der Waals surface area contributed by atoms with Crippen molar-refractivity contribution >= 4 is 29.1 Å². The molecule has 1 saturated heterocycles. The number of amides is 1. The van der Waals surface area contributed by atoms with Gasteiger partial charge in [-0.2, -0.15) is 0 Å². The number of halogens is 2. The number of ether oxygens (including phenoxy) is 2. The first kappa shape index (κ1) is 21.0. The summed E-state index contributed by atoms with van der Waals surface area (Å²) in [6.45, 7) is 3.74. The third kappa shape index (κ3) is 5.87. The molecule has 0 aliphatic carbocycles. The maximum absolute atomic E-state index is 12.9. The number of rotatable bonds is 8. The van der Waals surface area contributed by atoms with Crippen LogP contribution in [0.15, 0.2) is 42.5 Å². The average Bonchev–Trinajstić information content (AvgIpc) is 3.21. The summed E-state index contributed by atoms with van der Waals surface area (Å²) < 4.78 is 11.4. The highest BCUT2D eigenvalue weighted by Crippen LogP contribution is 2.23. The monoisotopic (exact) mass is 421 g/mol. The van der Waals surface area contributed by atoms with Crippen molar-refractivity contribution in [1.82, 2.24) is 4.90 Å². The van der Waals surface area contributed by atoms with Crippen LogP contribution in [0.25, 0.3) is 0 Å². The average molecular weight is 422 g/mol. The lowest BCUT2D eigenvalue weighted by molar-refractivity contribution is -0.135. The van der Waals surface area contributed by atoms with Gasteiger partial charge in [-0.25, -0.2) is 0 Å². The van der Waals surface area contributed by atoms with Gasteiger partial charge in [0.05, 0.1) is 6.10 Å². The lowest BCUT2D eigenvalue weighted by atomic mass is 10.1. The van der Waals surface area contributed by atoms with E-state index < -0.39 is 0 Å². The summed E-state index contributed by atoms with van der Waals surface area (Å²) in [6, 6.07) is 13.1. The van der Waals surface area contributed by atoms with Gasteiger partial charge in [-0.3, -0.25) is 4.79 Å². The summed E-state index contributed by atoms with van der Waals surface area (Å²) >= 11 is 12.3. The molecule has 0 radical (unpaired) electrons. The second-order valence-electron chi connectivity index (χ2n) is 6.93. The van der Waals surface area contributed by atoms with E-state index in [1.54, 1.807) is 17.0 Å². The van der Waals surface area contributed by atoms with Crippen molar-refractivity contribution in [2.75, 3.05) is 19.8 Å². The molecule has 2 aromatic carbocycles. The lowest BCUT2D eigenvalue weighted by Gasteiger charge is -2.26. The molecule has 28 heavy (non-hydrogen) atoms. The number of carbonyl (C=O) groups excluding carboxylic acids is 1. The summed E-state index contributed by atoms with van der Waals surface area (Å²) in [6.07, 6.45) is 3.00. The SMILES string of the molecule is CCc1ccc(OCC(=O)N(Cc2ccc(Cl)cc2Cl)C[C@H]2CCCO2)cc1. The topological polar surface area (TPSA) is 38.8 Å². The van der Waals surface area contributed by atoms with Crippen molar-refractivity contribution in [1.29, 1.82) is 0 Å². The van der Waals surface area contributed by atoms with E-state index >= 15 is 0 Å². The molecule has 6 heteroatoms. The summed E-state index contributed by atoms with van der Waals surface area (Å²) in [4.78, 5) is 14.6. The van der Waals surface area contributed by atoms with E-state index in [0.29, 0.717) is 28.9 Å². The van der Waals surface area contributed by atoms with E-state index in [0.717, 1.165) is 31.4 Å². The van der Waals surface area contributed by atoms with Gasteiger partial charge in [-0.05, 0) is 54.7 Å². The van der Waals surface area contributed by atoms with E-state index in [2.05, 4.69) is 6.92 Å². The molecule has 1 atom stereocenters. The molecule has 1 heterocycles. The molecule has 1 aliphatic rings. The first-order chi connectivity index (χ1) is 13.5. The highest BCUT2D eigenvalue weighted by molar-refractivity contribution is 6.35. The van der Waals surface area contributed by atoms with Crippen molar-refractivity contribution in [3.63, 3.8) is 0 Å². The van der Waals surface area contributed by atoms with Crippen molar-refractivity contribution in [3.8, 4) is 5.75 Å². The fourth-order valence-corrected chi connectivity index (χ4v) is 3.67. The van der Waals surface area contributed by atoms with E-state index in [1.165, 1.54) is 5.56 Å². The smallest absolute Gasteiger partial charge is 0.260 e. The number of aryl methyl sites for hydroxylation is 1. The second-order valence-corrected chi connectivity index (χ2v) is 7.77. The van der Waals surface area contributed by atoms with Crippen LogP contribution >= 0.6 is 23.2 Å². The molecular weight excluding hydrogens is 397 g/mol. The van der Waals surface area contributed by atoms with Gasteiger partial charge >= 0.3 is 0 Å². The van der Waals surface area contributed by atoms with Crippen LogP contribution in [-0.4, -0.2) is 36.7 Å². The number of hydrogen-bond donors (Lipinski definition) is 0. The van der Waals surface area contributed by atoms with Gasteiger partial charge < -0.3 is 14.4 Å². The summed E-state index contributed by atoms with van der Waals surface area (Å²) in [5.74, 6) is 0.591. The van der Waals surface area contributed by atoms with Crippen molar-refractivity contribution < 1.29 is 14.3 Å². The molecule has 0 N–H and O–H groups in total. The third-order valence-electron chi connectivity index (χ3n) is 4.87. The molecule has 150 valence electrons. The van der Waals surface area contributed by atoms with Gasteiger partial charge in [-0.15, -0.1) is 0 Å². The normalized spacial score (nSPS) is 16.2. The second kappa shape index (κ2) is 10.1. The molecule has 0 spiro atoms. The van der Waals surface area contributed by atoms with Crippen LogP contribution in [-0.2, 0) is 22.5 Å². The largest absolute Gasteiger partial charge is 0.484 e. The van der Waals surface area contributed by atoms with E-state index in [4.69, 9.17) is 32.7 Å². The van der Waals surface area contributed by atoms with Gasteiger partial charge in [0.1, 0.15) is 5.75 Å². The van der Waals surface area contributed by atoms with Crippen LogP contribution < -0.4 is 4.74 Å². The molecule has 0 saturated carbocycles. The maximum Gasteiger partial charge on any atom is 0.260 e. The quantitative estimate of drug-likeness (QED) is 0.591. The van der Waals surface area contributed by atoms with Crippen molar-refractivity contribution in [2.45, 2.75) is 38.8 Å². The summed E-state index contributed by atoms with van der Waals surface area (Å²) in [5.41, 5.74) is 2.08. The van der Waals surface area contributed by atoms with Gasteiger partial charge in [0.25, 0.3) is 5.91 Å². The Bertz CT molecular complexity index is 789. The Morgan fingerprint density at radius 1 is 1.21 bits per heavy atom. The van der Waals surface area contributed by atoms with Gasteiger partial charge in [0.2, 0.25) is 0 Å². The molecule has 2 aromatic rings. The predicted molar refractivity (Wildman–Crippen MR) is 112 cm³/mol. The molecule has 0 aromatic heterocycles. The number of hydrogen-bond acceptors (Lipinski definition) is 3. The van der Waals surface area contributed by atoms with Crippen LogP contribution in [0.1, 0.15) is 30.9 Å².